The molecule has 4 rings (SSSR count). The molecule has 0 amide bonds. The Hall–Kier alpha value is -0.980. The Bertz CT molecular complexity index is 545. The van der Waals surface area contributed by atoms with E-state index in [4.69, 9.17) is 18.9 Å². The summed E-state index contributed by atoms with van der Waals surface area (Å²) < 4.78 is 23.9. The lowest BCUT2D eigenvalue weighted by Crippen LogP contribution is -2.61. The van der Waals surface area contributed by atoms with Crippen LogP contribution in [0.1, 0.15) is 32.3 Å². The largest absolute Gasteiger partial charge is 0.390 e. The van der Waals surface area contributed by atoms with Crippen molar-refractivity contribution in [1.82, 2.24) is 0 Å². The molecule has 0 aromatic heterocycles. The smallest absolute Gasteiger partial charge is 0.190 e. The van der Waals surface area contributed by atoms with E-state index >= 15 is 0 Å². The fraction of sp³-hybridized carbons (Fsp3) is 0.647. The fourth-order valence-electron chi connectivity index (χ4n) is 3.64. The first-order chi connectivity index (χ1) is 10.5. The third-order valence-electron chi connectivity index (χ3n) is 4.85. The van der Waals surface area contributed by atoms with Crippen molar-refractivity contribution < 1.29 is 24.1 Å². The number of fused-ring (bicyclic) bond motifs is 1. The van der Waals surface area contributed by atoms with Gasteiger partial charge in [-0.25, -0.2) is 0 Å². The molecular weight excluding hydrogens is 284 g/mol. The Morgan fingerprint density at radius 3 is 2.59 bits per heavy atom. The second-order valence-electron chi connectivity index (χ2n) is 6.81. The van der Waals surface area contributed by atoms with E-state index < -0.39 is 23.8 Å². The number of hydrogen-bond acceptors (Lipinski definition) is 5. The zero-order valence-electron chi connectivity index (χ0n) is 12.9. The van der Waals surface area contributed by atoms with Crippen LogP contribution >= 0.6 is 0 Å². The predicted octanol–water partition coefficient (Wildman–Crippen LogP) is 1.97. The molecule has 1 aliphatic carbocycles. The molecule has 2 saturated heterocycles. The van der Waals surface area contributed by atoms with Crippen molar-refractivity contribution in [3.8, 4) is 0 Å². The molecule has 1 aromatic rings. The van der Waals surface area contributed by atoms with Crippen molar-refractivity contribution in [1.29, 1.82) is 0 Å². The summed E-state index contributed by atoms with van der Waals surface area (Å²) in [5.74, 6) is -0.681. The number of rotatable bonds is 3. The Labute approximate surface area is 130 Å². The summed E-state index contributed by atoms with van der Waals surface area (Å²) in [6, 6.07) is 9.99. The minimum atomic E-state index is -0.681. The van der Waals surface area contributed by atoms with Crippen LogP contribution in [0.4, 0.5) is 0 Å². The molecule has 2 unspecified atom stereocenters. The van der Waals surface area contributed by atoms with Gasteiger partial charge in [-0.1, -0.05) is 30.3 Å². The van der Waals surface area contributed by atoms with E-state index in [-0.39, 0.29) is 12.2 Å². The number of benzene rings is 1. The van der Waals surface area contributed by atoms with Crippen LogP contribution in [0.3, 0.4) is 0 Å². The van der Waals surface area contributed by atoms with E-state index in [9.17, 15) is 5.11 Å². The van der Waals surface area contributed by atoms with Crippen molar-refractivity contribution in [3.63, 3.8) is 0 Å². The van der Waals surface area contributed by atoms with E-state index in [0.717, 1.165) is 18.4 Å². The van der Waals surface area contributed by atoms with Crippen LogP contribution in [-0.2, 0) is 25.6 Å². The normalized spacial score (nSPS) is 42.3. The number of hydrogen-bond donors (Lipinski definition) is 1. The third kappa shape index (κ3) is 2.20. The van der Waals surface area contributed by atoms with E-state index in [2.05, 4.69) is 0 Å². The molecule has 0 bridgehead atoms. The predicted molar refractivity (Wildman–Crippen MR) is 77.9 cm³/mol. The van der Waals surface area contributed by atoms with Crippen LogP contribution < -0.4 is 0 Å². The van der Waals surface area contributed by atoms with Gasteiger partial charge in [0.25, 0.3) is 0 Å². The van der Waals surface area contributed by atoms with Crippen LogP contribution in [0.25, 0.3) is 0 Å². The highest BCUT2D eigenvalue weighted by molar-refractivity contribution is 5.16. The maximum Gasteiger partial charge on any atom is 0.190 e. The standard InChI is InChI=1S/C17H22O5/c1-16(2)20-13-14(19-10-11-6-4-3-5-7-11)17(9-8-12(17)18)22-15(13)21-16/h3-7,12-15,18H,8-10H2,1-2H3/t12-,13-,14?,15?,17+/m0/s1. The van der Waals surface area contributed by atoms with Crippen molar-refractivity contribution in [2.45, 2.75) is 69.3 Å². The molecule has 5 heteroatoms. The number of aliphatic hydroxyl groups is 1. The van der Waals surface area contributed by atoms with E-state index in [1.165, 1.54) is 0 Å². The number of ether oxygens (including phenoxy) is 4. The van der Waals surface area contributed by atoms with Crippen LogP contribution in [0, 0.1) is 0 Å². The molecule has 22 heavy (non-hydrogen) atoms. The van der Waals surface area contributed by atoms with Gasteiger partial charge in [0.15, 0.2) is 12.1 Å². The van der Waals surface area contributed by atoms with Crippen molar-refractivity contribution in [2.75, 3.05) is 0 Å². The zero-order chi connectivity index (χ0) is 15.4. The maximum absolute atomic E-state index is 10.2. The second-order valence-corrected chi connectivity index (χ2v) is 6.81. The topological polar surface area (TPSA) is 57.2 Å². The van der Waals surface area contributed by atoms with Crippen LogP contribution in [0.2, 0.25) is 0 Å². The minimum Gasteiger partial charge on any atom is -0.390 e. The number of aliphatic hydroxyl groups excluding tert-OH is 1. The van der Waals surface area contributed by atoms with Gasteiger partial charge in [0.1, 0.15) is 17.8 Å². The SMILES string of the molecule is CC1(C)OC2O[C@@]3(CC[C@@H]3O)C(OCc3ccccc3)[C@@H]2O1. The Morgan fingerprint density at radius 1 is 1.18 bits per heavy atom. The van der Waals surface area contributed by atoms with E-state index in [1.807, 2.05) is 44.2 Å². The molecule has 3 fully saturated rings. The van der Waals surface area contributed by atoms with E-state index in [0.29, 0.717) is 6.61 Å². The van der Waals surface area contributed by atoms with Gasteiger partial charge >= 0.3 is 0 Å². The first kappa shape index (κ1) is 14.6. The first-order valence-corrected chi connectivity index (χ1v) is 7.87. The molecule has 1 N–H and O–H groups in total. The molecule has 5 nitrogen and oxygen atoms in total. The highest BCUT2D eigenvalue weighted by Crippen LogP contribution is 2.52. The maximum atomic E-state index is 10.2. The summed E-state index contributed by atoms with van der Waals surface area (Å²) in [4.78, 5) is 0. The van der Waals surface area contributed by atoms with Crippen LogP contribution in [0.5, 0.6) is 0 Å². The van der Waals surface area contributed by atoms with Gasteiger partial charge in [-0.15, -0.1) is 0 Å². The lowest BCUT2D eigenvalue weighted by molar-refractivity contribution is -0.287. The third-order valence-corrected chi connectivity index (χ3v) is 4.85. The molecule has 1 aromatic carbocycles. The average molecular weight is 306 g/mol. The molecule has 0 radical (unpaired) electrons. The van der Waals surface area contributed by atoms with Crippen molar-refractivity contribution in [2.24, 2.45) is 0 Å². The van der Waals surface area contributed by atoms with E-state index in [1.54, 1.807) is 0 Å². The second kappa shape index (κ2) is 5.01. The zero-order valence-corrected chi connectivity index (χ0v) is 12.9. The minimum absolute atomic E-state index is 0.298. The molecule has 2 aliphatic heterocycles. The van der Waals surface area contributed by atoms with Gasteiger partial charge in [-0.3, -0.25) is 0 Å². The summed E-state index contributed by atoms with van der Waals surface area (Å²) in [5.41, 5.74) is 0.411. The van der Waals surface area contributed by atoms with Gasteiger partial charge < -0.3 is 24.1 Å². The van der Waals surface area contributed by atoms with Gasteiger partial charge in [-0.05, 0) is 32.3 Å². The molecule has 1 saturated carbocycles. The quantitative estimate of drug-likeness (QED) is 0.925. The lowest BCUT2D eigenvalue weighted by atomic mass is 9.73. The van der Waals surface area contributed by atoms with Gasteiger partial charge in [0.05, 0.1) is 12.7 Å². The Balaban J connectivity index is 1.53. The molecule has 120 valence electrons. The summed E-state index contributed by atoms with van der Waals surface area (Å²) in [5, 5.41) is 10.2. The highest BCUT2D eigenvalue weighted by atomic mass is 16.8. The summed E-state index contributed by atoms with van der Waals surface area (Å²) in [6.07, 6.45) is -0.0984. The lowest BCUT2D eigenvalue weighted by Gasteiger charge is -2.47. The molecule has 5 atom stereocenters. The molecule has 3 aliphatic rings. The molecule has 1 spiro atoms. The van der Waals surface area contributed by atoms with Crippen LogP contribution in [0.15, 0.2) is 30.3 Å². The van der Waals surface area contributed by atoms with Crippen molar-refractivity contribution in [3.05, 3.63) is 35.9 Å². The monoisotopic (exact) mass is 306 g/mol. The Morgan fingerprint density at radius 2 is 1.95 bits per heavy atom. The fourth-order valence-corrected chi connectivity index (χ4v) is 3.64. The van der Waals surface area contributed by atoms with Gasteiger partial charge in [0, 0.05) is 0 Å². The van der Waals surface area contributed by atoms with Crippen LogP contribution in [-0.4, -0.2) is 41.1 Å². The average Bonchev–Trinajstić information content (AvgIpc) is 2.95. The molecular formula is C17H22O5. The highest BCUT2D eigenvalue weighted by Gasteiger charge is 2.68. The summed E-state index contributed by atoms with van der Waals surface area (Å²) in [7, 11) is 0. The van der Waals surface area contributed by atoms with Gasteiger partial charge in [-0.2, -0.15) is 0 Å². The van der Waals surface area contributed by atoms with Gasteiger partial charge in [0.2, 0.25) is 0 Å². The Kier molecular flexibility index (Phi) is 3.33. The van der Waals surface area contributed by atoms with Crippen molar-refractivity contribution >= 4 is 0 Å². The molecule has 2 heterocycles. The first-order valence-electron chi connectivity index (χ1n) is 7.87. The summed E-state index contributed by atoms with van der Waals surface area (Å²) in [6.45, 7) is 4.20. The summed E-state index contributed by atoms with van der Waals surface area (Å²) >= 11 is 0.